The monoisotopic (exact) mass is 404 g/mol. The van der Waals surface area contributed by atoms with Gasteiger partial charge >= 0.3 is 0 Å². The van der Waals surface area contributed by atoms with Gasteiger partial charge in [0.25, 0.3) is 0 Å². The molecular weight excluding hydrogens is 390 g/mol. The van der Waals surface area contributed by atoms with Crippen molar-refractivity contribution in [2.24, 2.45) is 0 Å². The molecular formula is C20H15Cl2FN2O2. The van der Waals surface area contributed by atoms with Gasteiger partial charge in [-0.3, -0.25) is 4.79 Å². The fourth-order valence-electron chi connectivity index (χ4n) is 2.35. The number of nitrogens with one attached hydrogen (secondary N) is 1. The van der Waals surface area contributed by atoms with Crippen LogP contribution in [0, 0.1) is 5.82 Å². The molecule has 1 aromatic heterocycles. The Hall–Kier alpha value is -2.63. The topological polar surface area (TPSA) is 51.2 Å². The Balaban J connectivity index is 1.54. The predicted molar refractivity (Wildman–Crippen MR) is 103 cm³/mol. The van der Waals surface area contributed by atoms with Crippen LogP contribution in [-0.4, -0.2) is 10.9 Å². The summed E-state index contributed by atoms with van der Waals surface area (Å²) in [5.41, 5.74) is 1.38. The normalized spacial score (nSPS) is 10.5. The molecule has 0 unspecified atom stereocenters. The molecule has 1 amide bonds. The number of ether oxygens (including phenoxy) is 1. The Morgan fingerprint density at radius 3 is 2.48 bits per heavy atom. The van der Waals surface area contributed by atoms with Crippen molar-refractivity contribution in [2.45, 2.75) is 13.0 Å². The molecule has 2 aromatic carbocycles. The third-order valence-corrected chi connectivity index (χ3v) is 4.41. The van der Waals surface area contributed by atoms with E-state index in [1.807, 2.05) is 0 Å². The molecule has 0 fully saturated rings. The van der Waals surface area contributed by atoms with E-state index in [1.165, 1.54) is 12.1 Å². The maximum Gasteiger partial charge on any atom is 0.224 e. The van der Waals surface area contributed by atoms with Crippen LogP contribution in [0.4, 0.5) is 4.39 Å². The SMILES string of the molecule is O=C(Cc1c(Cl)cccc1Cl)NCc1ccc(Oc2cccc(F)c2)nc1. The summed E-state index contributed by atoms with van der Waals surface area (Å²) in [6.07, 6.45) is 1.67. The molecule has 27 heavy (non-hydrogen) atoms. The van der Waals surface area contributed by atoms with Gasteiger partial charge in [0.2, 0.25) is 11.8 Å². The average molecular weight is 405 g/mol. The van der Waals surface area contributed by atoms with Gasteiger partial charge in [-0.1, -0.05) is 41.4 Å². The van der Waals surface area contributed by atoms with Crippen molar-refractivity contribution in [3.8, 4) is 11.6 Å². The van der Waals surface area contributed by atoms with E-state index in [4.69, 9.17) is 27.9 Å². The molecule has 0 saturated carbocycles. The van der Waals surface area contributed by atoms with Crippen LogP contribution < -0.4 is 10.1 Å². The van der Waals surface area contributed by atoms with Gasteiger partial charge < -0.3 is 10.1 Å². The maximum absolute atomic E-state index is 13.2. The molecule has 0 spiro atoms. The minimum absolute atomic E-state index is 0.0900. The van der Waals surface area contributed by atoms with Crippen molar-refractivity contribution in [1.29, 1.82) is 0 Å². The highest BCUT2D eigenvalue weighted by Gasteiger charge is 2.10. The van der Waals surface area contributed by atoms with E-state index in [9.17, 15) is 9.18 Å². The molecule has 0 aliphatic carbocycles. The summed E-state index contributed by atoms with van der Waals surface area (Å²) in [5.74, 6) is 0.106. The lowest BCUT2D eigenvalue weighted by molar-refractivity contribution is -0.120. The van der Waals surface area contributed by atoms with Gasteiger partial charge in [-0.25, -0.2) is 9.37 Å². The first kappa shape index (κ1) is 19.1. The fourth-order valence-corrected chi connectivity index (χ4v) is 2.88. The molecule has 1 heterocycles. The van der Waals surface area contributed by atoms with Gasteiger partial charge in [-0.05, 0) is 35.4 Å². The third-order valence-electron chi connectivity index (χ3n) is 3.70. The first-order valence-corrected chi connectivity index (χ1v) is 8.85. The van der Waals surface area contributed by atoms with Crippen LogP contribution in [-0.2, 0) is 17.8 Å². The Morgan fingerprint density at radius 2 is 1.81 bits per heavy atom. The number of carbonyl (C=O) groups excluding carboxylic acids is 1. The summed E-state index contributed by atoms with van der Waals surface area (Å²) in [7, 11) is 0. The van der Waals surface area contributed by atoms with Crippen LogP contribution in [0.15, 0.2) is 60.8 Å². The van der Waals surface area contributed by atoms with Crippen molar-refractivity contribution in [3.63, 3.8) is 0 Å². The van der Waals surface area contributed by atoms with Crippen LogP contribution in [0.25, 0.3) is 0 Å². The van der Waals surface area contributed by atoms with Crippen LogP contribution in [0.2, 0.25) is 10.0 Å². The first-order valence-electron chi connectivity index (χ1n) is 8.09. The van der Waals surface area contributed by atoms with Crippen molar-refractivity contribution in [3.05, 3.63) is 87.8 Å². The molecule has 3 rings (SSSR count). The highest BCUT2D eigenvalue weighted by Crippen LogP contribution is 2.24. The number of rotatable bonds is 6. The van der Waals surface area contributed by atoms with Crippen molar-refractivity contribution in [1.82, 2.24) is 10.3 Å². The second kappa shape index (κ2) is 8.84. The number of benzene rings is 2. The number of halogens is 3. The average Bonchev–Trinajstić information content (AvgIpc) is 2.64. The summed E-state index contributed by atoms with van der Waals surface area (Å²) >= 11 is 12.1. The quantitative estimate of drug-likeness (QED) is 0.615. The molecule has 0 aliphatic rings. The number of hydrogen-bond donors (Lipinski definition) is 1. The number of nitrogens with zero attached hydrogens (tertiary/aromatic N) is 1. The van der Waals surface area contributed by atoms with Crippen molar-refractivity contribution >= 4 is 29.1 Å². The Morgan fingerprint density at radius 1 is 1.07 bits per heavy atom. The van der Waals surface area contributed by atoms with Gasteiger partial charge in [-0.2, -0.15) is 0 Å². The molecule has 0 aliphatic heterocycles. The number of pyridine rings is 1. The minimum atomic E-state index is -0.384. The number of hydrogen-bond acceptors (Lipinski definition) is 3. The lowest BCUT2D eigenvalue weighted by atomic mass is 10.1. The zero-order valence-electron chi connectivity index (χ0n) is 14.1. The minimum Gasteiger partial charge on any atom is -0.439 e. The lowest BCUT2D eigenvalue weighted by Gasteiger charge is -2.09. The first-order chi connectivity index (χ1) is 13.0. The molecule has 0 atom stereocenters. The zero-order valence-corrected chi connectivity index (χ0v) is 15.6. The summed E-state index contributed by atoms with van der Waals surface area (Å²) in [6, 6.07) is 14.3. The largest absolute Gasteiger partial charge is 0.439 e. The molecule has 0 radical (unpaired) electrons. The van der Waals surface area contributed by atoms with E-state index in [1.54, 1.807) is 48.7 Å². The molecule has 1 N–H and O–H groups in total. The van der Waals surface area contributed by atoms with E-state index in [-0.39, 0.29) is 18.1 Å². The van der Waals surface area contributed by atoms with Gasteiger partial charge in [-0.15, -0.1) is 0 Å². The number of carbonyl (C=O) groups is 1. The Labute approximate surface area is 165 Å². The number of amides is 1. The highest BCUT2D eigenvalue weighted by atomic mass is 35.5. The Bertz CT molecular complexity index is 929. The van der Waals surface area contributed by atoms with E-state index >= 15 is 0 Å². The Kier molecular flexibility index (Phi) is 6.27. The van der Waals surface area contributed by atoms with Crippen LogP contribution >= 0.6 is 23.2 Å². The van der Waals surface area contributed by atoms with Gasteiger partial charge in [0.05, 0.1) is 6.42 Å². The summed E-state index contributed by atoms with van der Waals surface area (Å²) in [6.45, 7) is 0.300. The highest BCUT2D eigenvalue weighted by molar-refractivity contribution is 6.36. The summed E-state index contributed by atoms with van der Waals surface area (Å²) in [5, 5.41) is 3.71. The standard InChI is InChI=1S/C20H15Cl2FN2O2/c21-17-5-2-6-18(22)16(17)10-19(26)24-11-13-7-8-20(25-12-13)27-15-4-1-3-14(23)9-15/h1-9,12H,10-11H2,(H,24,26). The molecule has 0 saturated heterocycles. The molecule has 4 nitrogen and oxygen atoms in total. The van der Waals surface area contributed by atoms with Crippen LogP contribution in [0.1, 0.15) is 11.1 Å². The van der Waals surface area contributed by atoms with Gasteiger partial charge in [0.1, 0.15) is 11.6 Å². The van der Waals surface area contributed by atoms with E-state index < -0.39 is 0 Å². The van der Waals surface area contributed by atoms with Crippen LogP contribution in [0.3, 0.4) is 0 Å². The van der Waals surface area contributed by atoms with E-state index in [0.717, 1.165) is 5.56 Å². The van der Waals surface area contributed by atoms with Crippen molar-refractivity contribution in [2.75, 3.05) is 0 Å². The van der Waals surface area contributed by atoms with Gasteiger partial charge in [0.15, 0.2) is 0 Å². The molecule has 3 aromatic rings. The molecule has 7 heteroatoms. The predicted octanol–water partition coefficient (Wildman–Crippen LogP) is 5.18. The maximum atomic E-state index is 13.2. The third kappa shape index (κ3) is 5.42. The zero-order chi connectivity index (χ0) is 19.2. The van der Waals surface area contributed by atoms with Crippen LogP contribution in [0.5, 0.6) is 11.6 Å². The lowest BCUT2D eigenvalue weighted by Crippen LogP contribution is -2.24. The summed E-state index contributed by atoms with van der Waals surface area (Å²) in [4.78, 5) is 16.3. The summed E-state index contributed by atoms with van der Waals surface area (Å²) < 4.78 is 18.6. The molecule has 138 valence electrons. The molecule has 0 bridgehead atoms. The van der Waals surface area contributed by atoms with E-state index in [0.29, 0.717) is 33.8 Å². The van der Waals surface area contributed by atoms with Gasteiger partial charge in [0, 0.05) is 34.9 Å². The van der Waals surface area contributed by atoms with E-state index in [2.05, 4.69) is 10.3 Å². The number of aromatic nitrogens is 1. The second-order valence-corrected chi connectivity index (χ2v) is 6.53. The second-order valence-electron chi connectivity index (χ2n) is 5.72. The smallest absolute Gasteiger partial charge is 0.224 e. The van der Waals surface area contributed by atoms with Crippen molar-refractivity contribution < 1.29 is 13.9 Å². The fraction of sp³-hybridized carbons (Fsp3) is 0.100.